The lowest BCUT2D eigenvalue weighted by atomic mass is 10.0. The Morgan fingerprint density at radius 3 is 2.52 bits per heavy atom. The van der Waals surface area contributed by atoms with Crippen LogP contribution in [0.2, 0.25) is 0 Å². The summed E-state index contributed by atoms with van der Waals surface area (Å²) in [5.41, 5.74) is 1.96. The molecule has 176 valence electrons. The van der Waals surface area contributed by atoms with Crippen molar-refractivity contribution in [1.29, 1.82) is 0 Å². The van der Waals surface area contributed by atoms with Gasteiger partial charge in [-0.15, -0.1) is 0 Å². The average Bonchev–Trinajstić information content (AvgIpc) is 3.08. The summed E-state index contributed by atoms with van der Waals surface area (Å²) >= 11 is 0. The predicted molar refractivity (Wildman–Crippen MR) is 130 cm³/mol. The lowest BCUT2D eigenvalue weighted by Gasteiger charge is -2.32. The predicted octanol–water partition coefficient (Wildman–Crippen LogP) is 3.07. The minimum atomic E-state index is -3.48. The van der Waals surface area contributed by atoms with Crippen LogP contribution in [0.3, 0.4) is 0 Å². The summed E-state index contributed by atoms with van der Waals surface area (Å²) in [6, 6.07) is 17.6. The van der Waals surface area contributed by atoms with E-state index in [4.69, 9.17) is 0 Å². The summed E-state index contributed by atoms with van der Waals surface area (Å²) in [5.74, 6) is 0.544. The van der Waals surface area contributed by atoms with Crippen LogP contribution >= 0.6 is 0 Å². The van der Waals surface area contributed by atoms with Gasteiger partial charge in [0.15, 0.2) is 0 Å². The topological polar surface area (TPSA) is 90.9 Å². The van der Waals surface area contributed by atoms with Crippen molar-refractivity contribution in [3.63, 3.8) is 0 Å². The fourth-order valence-corrected chi connectivity index (χ4v) is 5.64. The van der Waals surface area contributed by atoms with Crippen LogP contribution < -0.4 is 10.0 Å². The number of likely N-dealkylation sites (tertiary alicyclic amines) is 1. The Morgan fingerprint density at radius 2 is 1.73 bits per heavy atom. The van der Waals surface area contributed by atoms with E-state index in [0.717, 1.165) is 51.7 Å². The van der Waals surface area contributed by atoms with Gasteiger partial charge in [-0.3, -0.25) is 19.4 Å². The number of benzene rings is 2. The number of hydrogen-bond acceptors (Lipinski definition) is 5. The molecule has 2 aliphatic heterocycles. The number of carbonyl (C=O) groups is 1. The monoisotopic (exact) mass is 468 g/mol. The molecule has 0 bridgehead atoms. The molecule has 2 aromatic rings. The quantitative estimate of drug-likeness (QED) is 0.554. The molecule has 8 heteroatoms. The number of hydrogen-bond donors (Lipinski definition) is 2. The molecule has 2 aliphatic rings. The number of nitrogens with one attached hydrogen (secondary N) is 2. The van der Waals surface area contributed by atoms with E-state index in [1.54, 1.807) is 18.2 Å². The van der Waals surface area contributed by atoms with Gasteiger partial charge in [-0.1, -0.05) is 48.9 Å². The van der Waals surface area contributed by atoms with Gasteiger partial charge in [-0.25, -0.2) is 8.42 Å². The van der Waals surface area contributed by atoms with E-state index in [0.29, 0.717) is 24.4 Å². The Bertz CT molecular complexity index is 1080. The molecule has 2 N–H and O–H groups in total. The van der Waals surface area contributed by atoms with Crippen molar-refractivity contribution in [2.45, 2.75) is 56.0 Å². The molecule has 0 spiro atoms. The van der Waals surface area contributed by atoms with Crippen LogP contribution in [-0.4, -0.2) is 50.7 Å². The van der Waals surface area contributed by atoms with Gasteiger partial charge >= 0.3 is 0 Å². The molecule has 1 saturated heterocycles. The molecule has 2 heterocycles. The standard InChI is InChI=1S/C25H32N4O3S/c30-24(27-21-14-17-29(18-15-21)19-20-9-3-1-4-10-20)13-5-2-8-16-26-25-22-11-6-7-12-23(22)33(31,32)28-25/h1,3-4,6-7,9-12,21H,2,5,8,13-19H2,(H,26,28)(H,27,30). The van der Waals surface area contributed by atoms with Crippen LogP contribution in [0.15, 0.2) is 64.5 Å². The Labute approximate surface area is 196 Å². The number of carbonyl (C=O) groups excluding carboxylic acids is 1. The lowest BCUT2D eigenvalue weighted by Crippen LogP contribution is -2.44. The minimum absolute atomic E-state index is 0.125. The van der Waals surface area contributed by atoms with Crippen molar-refractivity contribution in [2.75, 3.05) is 19.6 Å². The number of rotatable bonds is 9. The van der Waals surface area contributed by atoms with Crippen molar-refractivity contribution < 1.29 is 13.2 Å². The highest BCUT2D eigenvalue weighted by atomic mass is 32.2. The van der Waals surface area contributed by atoms with Crippen molar-refractivity contribution in [3.05, 3.63) is 65.7 Å². The van der Waals surface area contributed by atoms with Gasteiger partial charge < -0.3 is 5.32 Å². The molecular weight excluding hydrogens is 436 g/mol. The maximum absolute atomic E-state index is 12.3. The molecule has 0 unspecified atom stereocenters. The van der Waals surface area contributed by atoms with Gasteiger partial charge in [0.25, 0.3) is 10.0 Å². The second-order valence-electron chi connectivity index (χ2n) is 8.75. The third-order valence-corrected chi connectivity index (χ3v) is 7.59. The van der Waals surface area contributed by atoms with E-state index in [1.165, 1.54) is 5.56 Å². The van der Waals surface area contributed by atoms with Crippen LogP contribution in [-0.2, 0) is 21.4 Å². The van der Waals surface area contributed by atoms with Crippen molar-refractivity contribution >= 4 is 21.8 Å². The molecule has 4 rings (SSSR count). The summed E-state index contributed by atoms with van der Waals surface area (Å²) in [6.45, 7) is 3.52. The molecule has 33 heavy (non-hydrogen) atoms. The molecule has 0 aliphatic carbocycles. The number of amidine groups is 1. The maximum atomic E-state index is 12.3. The molecular formula is C25H32N4O3S. The first-order valence-electron chi connectivity index (χ1n) is 11.7. The van der Waals surface area contributed by atoms with E-state index in [2.05, 4.69) is 44.2 Å². The van der Waals surface area contributed by atoms with Gasteiger partial charge in [0, 0.05) is 44.2 Å². The first-order chi connectivity index (χ1) is 16.0. The van der Waals surface area contributed by atoms with Crippen molar-refractivity contribution in [1.82, 2.24) is 14.9 Å². The normalized spacial score (nSPS) is 19.2. The number of piperidine rings is 1. The Hall–Kier alpha value is -2.71. The maximum Gasteiger partial charge on any atom is 0.263 e. The Morgan fingerprint density at radius 1 is 1.00 bits per heavy atom. The number of sulfonamides is 1. The van der Waals surface area contributed by atoms with Crippen molar-refractivity contribution in [2.24, 2.45) is 4.99 Å². The summed E-state index contributed by atoms with van der Waals surface area (Å²) in [4.78, 5) is 19.5. The smallest absolute Gasteiger partial charge is 0.263 e. The lowest BCUT2D eigenvalue weighted by molar-refractivity contribution is -0.122. The van der Waals surface area contributed by atoms with Gasteiger partial charge in [-0.2, -0.15) is 0 Å². The molecule has 0 aromatic heterocycles. The summed E-state index contributed by atoms with van der Waals surface area (Å²) < 4.78 is 26.7. The van der Waals surface area contributed by atoms with Gasteiger partial charge in [0.1, 0.15) is 5.84 Å². The fraction of sp³-hybridized carbons (Fsp3) is 0.440. The first kappa shape index (κ1) is 23.4. The van der Waals surface area contributed by atoms with Crippen LogP contribution in [0.4, 0.5) is 0 Å². The molecule has 0 radical (unpaired) electrons. The summed E-state index contributed by atoms with van der Waals surface area (Å²) in [6.07, 6.45) is 5.02. The van der Waals surface area contributed by atoms with E-state index in [9.17, 15) is 13.2 Å². The third-order valence-electron chi connectivity index (χ3n) is 6.20. The largest absolute Gasteiger partial charge is 0.353 e. The number of nitrogens with zero attached hydrogens (tertiary/aromatic N) is 2. The van der Waals surface area contributed by atoms with E-state index in [1.807, 2.05) is 12.1 Å². The van der Waals surface area contributed by atoms with E-state index >= 15 is 0 Å². The molecule has 1 fully saturated rings. The van der Waals surface area contributed by atoms with Crippen LogP contribution in [0.25, 0.3) is 0 Å². The number of fused-ring (bicyclic) bond motifs is 1. The Balaban J connectivity index is 1.10. The molecule has 1 amide bonds. The number of aliphatic imine (C=N–C) groups is 1. The van der Waals surface area contributed by atoms with Gasteiger partial charge in [0.05, 0.1) is 4.90 Å². The number of amides is 1. The zero-order chi connectivity index (χ0) is 23.1. The first-order valence-corrected chi connectivity index (χ1v) is 13.2. The van der Waals surface area contributed by atoms with E-state index < -0.39 is 10.0 Å². The zero-order valence-corrected chi connectivity index (χ0v) is 19.7. The fourth-order valence-electron chi connectivity index (χ4n) is 4.39. The van der Waals surface area contributed by atoms with Crippen LogP contribution in [0.5, 0.6) is 0 Å². The molecule has 0 atom stereocenters. The Kier molecular flexibility index (Phi) is 7.77. The highest BCUT2D eigenvalue weighted by molar-refractivity contribution is 7.90. The second-order valence-corrected chi connectivity index (χ2v) is 10.4. The molecule has 7 nitrogen and oxygen atoms in total. The van der Waals surface area contributed by atoms with Gasteiger partial charge in [-0.05, 0) is 43.4 Å². The highest BCUT2D eigenvalue weighted by Crippen LogP contribution is 2.22. The van der Waals surface area contributed by atoms with Crippen LogP contribution in [0, 0.1) is 0 Å². The summed E-state index contributed by atoms with van der Waals surface area (Å²) in [7, 11) is -3.48. The third kappa shape index (κ3) is 6.42. The summed E-state index contributed by atoms with van der Waals surface area (Å²) in [5, 5.41) is 3.19. The highest BCUT2D eigenvalue weighted by Gasteiger charge is 2.29. The zero-order valence-electron chi connectivity index (χ0n) is 18.9. The molecule has 0 saturated carbocycles. The average molecular weight is 469 g/mol. The number of unbranched alkanes of at least 4 members (excludes halogenated alkanes) is 2. The van der Waals surface area contributed by atoms with Crippen LogP contribution in [0.1, 0.15) is 49.7 Å². The van der Waals surface area contributed by atoms with E-state index in [-0.39, 0.29) is 16.8 Å². The molecule has 2 aromatic carbocycles. The van der Waals surface area contributed by atoms with Gasteiger partial charge in [0.2, 0.25) is 5.91 Å². The minimum Gasteiger partial charge on any atom is -0.353 e. The SMILES string of the molecule is O=C(CCCCCN=C1NS(=O)(=O)c2ccccc21)NC1CCN(Cc2ccccc2)CC1. The second kappa shape index (κ2) is 10.9. The van der Waals surface area contributed by atoms with Crippen molar-refractivity contribution in [3.8, 4) is 0 Å².